The maximum absolute atomic E-state index is 11.9. The minimum Gasteiger partial charge on any atom is -0.444 e. The van der Waals surface area contributed by atoms with Crippen molar-refractivity contribution in [2.45, 2.75) is 18.9 Å². The third-order valence-electron chi connectivity index (χ3n) is 3.25. The summed E-state index contributed by atoms with van der Waals surface area (Å²) < 4.78 is 5.21. The standard InChI is InChI=1S/C14H15N3O2/c18-14(12-2-1-7-16-12)17-11-5-3-10(4-6-11)13-8-15-9-19-13/h3-6,8-9,12,16H,1-2,7H2,(H,17,18)/t12-/m0/s1. The van der Waals surface area contributed by atoms with Crippen LogP contribution >= 0.6 is 0 Å². The van der Waals surface area contributed by atoms with E-state index in [4.69, 9.17) is 4.42 Å². The molecule has 5 nitrogen and oxygen atoms in total. The minimum atomic E-state index is -0.0612. The average Bonchev–Trinajstić information content (AvgIpc) is 3.13. The Bertz CT molecular complexity index is 543. The molecule has 2 aromatic rings. The Balaban J connectivity index is 1.67. The van der Waals surface area contributed by atoms with Crippen LogP contribution in [-0.4, -0.2) is 23.5 Å². The van der Waals surface area contributed by atoms with Crippen molar-refractivity contribution in [1.82, 2.24) is 10.3 Å². The first-order valence-corrected chi connectivity index (χ1v) is 6.36. The molecule has 0 aliphatic carbocycles. The predicted molar refractivity (Wildman–Crippen MR) is 71.6 cm³/mol. The van der Waals surface area contributed by atoms with Gasteiger partial charge in [0.1, 0.15) is 0 Å². The van der Waals surface area contributed by atoms with Crippen molar-refractivity contribution >= 4 is 11.6 Å². The van der Waals surface area contributed by atoms with Gasteiger partial charge in [0.05, 0.1) is 12.2 Å². The van der Waals surface area contributed by atoms with Crippen molar-refractivity contribution in [3.63, 3.8) is 0 Å². The Hall–Kier alpha value is -2.14. The molecule has 0 bridgehead atoms. The van der Waals surface area contributed by atoms with Crippen LogP contribution in [0.4, 0.5) is 5.69 Å². The lowest BCUT2D eigenvalue weighted by molar-refractivity contribution is -0.117. The van der Waals surface area contributed by atoms with Crippen LogP contribution in [0.15, 0.2) is 41.3 Å². The topological polar surface area (TPSA) is 67.2 Å². The van der Waals surface area contributed by atoms with Crippen LogP contribution in [0.25, 0.3) is 11.3 Å². The van der Waals surface area contributed by atoms with E-state index in [1.54, 1.807) is 6.20 Å². The van der Waals surface area contributed by atoms with Crippen molar-refractivity contribution in [2.24, 2.45) is 0 Å². The highest BCUT2D eigenvalue weighted by Crippen LogP contribution is 2.21. The van der Waals surface area contributed by atoms with Gasteiger partial charge in [0, 0.05) is 11.3 Å². The van der Waals surface area contributed by atoms with E-state index in [2.05, 4.69) is 15.6 Å². The number of anilines is 1. The molecular weight excluding hydrogens is 242 g/mol. The molecule has 1 amide bonds. The zero-order valence-corrected chi connectivity index (χ0v) is 10.4. The van der Waals surface area contributed by atoms with Gasteiger partial charge in [-0.05, 0) is 43.7 Å². The van der Waals surface area contributed by atoms with Crippen LogP contribution in [-0.2, 0) is 4.79 Å². The van der Waals surface area contributed by atoms with Gasteiger partial charge in [-0.3, -0.25) is 4.79 Å². The molecule has 3 rings (SSSR count). The number of hydrogen-bond acceptors (Lipinski definition) is 4. The quantitative estimate of drug-likeness (QED) is 0.883. The van der Waals surface area contributed by atoms with Crippen LogP contribution < -0.4 is 10.6 Å². The highest BCUT2D eigenvalue weighted by Gasteiger charge is 2.21. The maximum Gasteiger partial charge on any atom is 0.241 e. The van der Waals surface area contributed by atoms with E-state index < -0.39 is 0 Å². The van der Waals surface area contributed by atoms with E-state index in [-0.39, 0.29) is 11.9 Å². The van der Waals surface area contributed by atoms with Gasteiger partial charge in [0.15, 0.2) is 12.2 Å². The molecule has 1 fully saturated rings. The fourth-order valence-corrected chi connectivity index (χ4v) is 2.21. The lowest BCUT2D eigenvalue weighted by atomic mass is 10.1. The molecular formula is C14H15N3O2. The number of benzene rings is 1. The third-order valence-corrected chi connectivity index (χ3v) is 3.25. The normalized spacial score (nSPS) is 18.4. The fraction of sp³-hybridized carbons (Fsp3) is 0.286. The van der Waals surface area contributed by atoms with Gasteiger partial charge >= 0.3 is 0 Å². The molecule has 1 aromatic heterocycles. The summed E-state index contributed by atoms with van der Waals surface area (Å²) in [6.45, 7) is 0.919. The highest BCUT2D eigenvalue weighted by molar-refractivity contribution is 5.95. The second-order valence-electron chi connectivity index (χ2n) is 4.58. The number of nitrogens with one attached hydrogen (secondary N) is 2. The molecule has 2 heterocycles. The summed E-state index contributed by atoms with van der Waals surface area (Å²) in [6.07, 6.45) is 5.03. The summed E-state index contributed by atoms with van der Waals surface area (Å²) in [5, 5.41) is 6.08. The summed E-state index contributed by atoms with van der Waals surface area (Å²) >= 11 is 0. The van der Waals surface area contributed by atoms with Gasteiger partial charge in [-0.2, -0.15) is 0 Å². The molecule has 5 heteroatoms. The predicted octanol–water partition coefficient (Wildman–Crippen LogP) is 2.03. The van der Waals surface area contributed by atoms with Gasteiger partial charge in [0.2, 0.25) is 5.91 Å². The van der Waals surface area contributed by atoms with Crippen LogP contribution in [0.5, 0.6) is 0 Å². The Morgan fingerprint density at radius 3 is 2.84 bits per heavy atom. The molecule has 1 atom stereocenters. The first-order chi connectivity index (χ1) is 9.33. The van der Waals surface area contributed by atoms with Gasteiger partial charge in [-0.15, -0.1) is 0 Å². The smallest absolute Gasteiger partial charge is 0.241 e. The van der Waals surface area contributed by atoms with E-state index >= 15 is 0 Å². The van der Waals surface area contributed by atoms with E-state index in [0.29, 0.717) is 0 Å². The van der Waals surface area contributed by atoms with E-state index in [1.807, 2.05) is 24.3 Å². The maximum atomic E-state index is 11.9. The summed E-state index contributed by atoms with van der Waals surface area (Å²) in [7, 11) is 0. The first kappa shape index (κ1) is 11.9. The number of aromatic nitrogens is 1. The van der Waals surface area contributed by atoms with Crippen molar-refractivity contribution in [3.8, 4) is 11.3 Å². The lowest BCUT2D eigenvalue weighted by Crippen LogP contribution is -2.35. The van der Waals surface area contributed by atoms with Crippen LogP contribution in [0.3, 0.4) is 0 Å². The Morgan fingerprint density at radius 2 is 2.21 bits per heavy atom. The van der Waals surface area contributed by atoms with Crippen molar-refractivity contribution in [2.75, 3.05) is 11.9 Å². The molecule has 2 N–H and O–H groups in total. The van der Waals surface area contributed by atoms with Gasteiger partial charge in [-0.1, -0.05) is 0 Å². The van der Waals surface area contributed by atoms with Crippen LogP contribution in [0.2, 0.25) is 0 Å². The van der Waals surface area contributed by atoms with E-state index in [0.717, 1.165) is 36.4 Å². The summed E-state index contributed by atoms with van der Waals surface area (Å²) in [5.74, 6) is 0.750. The molecule has 0 radical (unpaired) electrons. The lowest BCUT2D eigenvalue weighted by Gasteiger charge is -2.11. The molecule has 1 aliphatic heterocycles. The zero-order chi connectivity index (χ0) is 13.1. The first-order valence-electron chi connectivity index (χ1n) is 6.36. The van der Waals surface area contributed by atoms with Gasteiger partial charge in [0.25, 0.3) is 0 Å². The number of carbonyl (C=O) groups is 1. The number of amides is 1. The zero-order valence-electron chi connectivity index (χ0n) is 10.4. The van der Waals surface area contributed by atoms with Crippen molar-refractivity contribution < 1.29 is 9.21 Å². The molecule has 0 unspecified atom stereocenters. The van der Waals surface area contributed by atoms with E-state index in [1.165, 1.54) is 6.39 Å². The average molecular weight is 257 g/mol. The Labute approximate surface area is 111 Å². The number of nitrogens with zero attached hydrogens (tertiary/aromatic N) is 1. The molecule has 98 valence electrons. The van der Waals surface area contributed by atoms with Gasteiger partial charge < -0.3 is 15.1 Å². The highest BCUT2D eigenvalue weighted by atomic mass is 16.3. The summed E-state index contributed by atoms with van der Waals surface area (Å²) in [4.78, 5) is 15.8. The fourth-order valence-electron chi connectivity index (χ4n) is 2.21. The molecule has 1 saturated heterocycles. The molecule has 0 spiro atoms. The van der Waals surface area contributed by atoms with Gasteiger partial charge in [-0.25, -0.2) is 4.98 Å². The van der Waals surface area contributed by atoms with Crippen LogP contribution in [0.1, 0.15) is 12.8 Å². The minimum absolute atomic E-state index is 0.0323. The van der Waals surface area contributed by atoms with Crippen molar-refractivity contribution in [1.29, 1.82) is 0 Å². The van der Waals surface area contributed by atoms with Crippen molar-refractivity contribution in [3.05, 3.63) is 36.9 Å². The molecule has 0 saturated carbocycles. The molecule has 19 heavy (non-hydrogen) atoms. The largest absolute Gasteiger partial charge is 0.444 e. The number of carbonyl (C=O) groups excluding carboxylic acids is 1. The Kier molecular flexibility index (Phi) is 3.29. The Morgan fingerprint density at radius 1 is 1.37 bits per heavy atom. The number of hydrogen-bond donors (Lipinski definition) is 2. The SMILES string of the molecule is O=C(Nc1ccc(-c2cnco2)cc1)[C@@H]1CCCN1. The second-order valence-corrected chi connectivity index (χ2v) is 4.58. The third kappa shape index (κ3) is 2.66. The van der Waals surface area contributed by atoms with E-state index in [9.17, 15) is 4.79 Å². The van der Waals surface area contributed by atoms with Crippen LogP contribution in [0, 0.1) is 0 Å². The summed E-state index contributed by atoms with van der Waals surface area (Å²) in [6, 6.07) is 7.47. The monoisotopic (exact) mass is 257 g/mol. The molecule has 1 aliphatic rings. The molecule has 1 aromatic carbocycles. The number of rotatable bonds is 3. The second kappa shape index (κ2) is 5.24. The summed E-state index contributed by atoms with van der Waals surface area (Å²) in [5.41, 5.74) is 1.73. The number of oxazole rings is 1.